The van der Waals surface area contributed by atoms with Crippen molar-refractivity contribution in [3.63, 3.8) is 0 Å². The SMILES string of the molecule is CN1CCCC(CN(C)C(=O)C[C@@H]2CCC[C@H]2N)C1. The predicted molar refractivity (Wildman–Crippen MR) is 77.8 cm³/mol. The number of amides is 1. The minimum absolute atomic E-state index is 0.248. The van der Waals surface area contributed by atoms with Gasteiger partial charge < -0.3 is 15.5 Å². The van der Waals surface area contributed by atoms with E-state index in [-0.39, 0.29) is 11.9 Å². The van der Waals surface area contributed by atoms with Crippen LogP contribution in [0.2, 0.25) is 0 Å². The number of nitrogens with zero attached hydrogens (tertiary/aromatic N) is 2. The third kappa shape index (κ3) is 4.18. The monoisotopic (exact) mass is 267 g/mol. The fourth-order valence-corrected chi connectivity index (χ4v) is 3.61. The minimum atomic E-state index is 0.248. The third-order valence-electron chi connectivity index (χ3n) is 4.83. The van der Waals surface area contributed by atoms with Gasteiger partial charge in [0.25, 0.3) is 0 Å². The van der Waals surface area contributed by atoms with Crippen LogP contribution in [-0.2, 0) is 4.79 Å². The smallest absolute Gasteiger partial charge is 0.222 e. The van der Waals surface area contributed by atoms with E-state index in [1.54, 1.807) is 0 Å². The van der Waals surface area contributed by atoms with Crippen LogP contribution in [0.25, 0.3) is 0 Å². The highest BCUT2D eigenvalue weighted by Gasteiger charge is 2.28. The van der Waals surface area contributed by atoms with Crippen molar-refractivity contribution in [2.24, 2.45) is 17.6 Å². The van der Waals surface area contributed by atoms with E-state index >= 15 is 0 Å². The molecule has 4 heteroatoms. The Morgan fingerprint density at radius 2 is 2.11 bits per heavy atom. The molecule has 0 aromatic rings. The van der Waals surface area contributed by atoms with Crippen LogP contribution in [0.1, 0.15) is 38.5 Å². The maximum Gasteiger partial charge on any atom is 0.222 e. The van der Waals surface area contributed by atoms with E-state index in [0.717, 1.165) is 25.9 Å². The second kappa shape index (κ2) is 6.71. The second-order valence-electron chi connectivity index (χ2n) is 6.60. The van der Waals surface area contributed by atoms with Crippen molar-refractivity contribution in [2.75, 3.05) is 33.7 Å². The molecule has 0 bridgehead atoms. The highest BCUT2D eigenvalue weighted by molar-refractivity contribution is 5.76. The maximum absolute atomic E-state index is 12.3. The molecule has 2 aliphatic rings. The lowest BCUT2D eigenvalue weighted by atomic mass is 9.96. The molecule has 0 aromatic carbocycles. The first-order valence-electron chi connectivity index (χ1n) is 7.74. The Morgan fingerprint density at radius 1 is 1.32 bits per heavy atom. The molecule has 1 unspecified atom stereocenters. The topological polar surface area (TPSA) is 49.6 Å². The summed E-state index contributed by atoms with van der Waals surface area (Å²) in [7, 11) is 4.13. The van der Waals surface area contributed by atoms with E-state index in [4.69, 9.17) is 5.73 Å². The van der Waals surface area contributed by atoms with Crippen LogP contribution < -0.4 is 5.73 Å². The van der Waals surface area contributed by atoms with Crippen molar-refractivity contribution in [1.82, 2.24) is 9.80 Å². The Balaban J connectivity index is 1.75. The van der Waals surface area contributed by atoms with E-state index in [9.17, 15) is 4.79 Å². The summed E-state index contributed by atoms with van der Waals surface area (Å²) in [6.45, 7) is 3.23. The van der Waals surface area contributed by atoms with E-state index in [2.05, 4.69) is 11.9 Å². The summed E-state index contributed by atoms with van der Waals surface area (Å²) >= 11 is 0. The van der Waals surface area contributed by atoms with Crippen LogP contribution in [0.5, 0.6) is 0 Å². The van der Waals surface area contributed by atoms with Crippen LogP contribution >= 0.6 is 0 Å². The molecule has 19 heavy (non-hydrogen) atoms. The standard InChI is InChI=1S/C15H29N3O/c1-17-8-4-5-12(10-17)11-18(2)15(19)9-13-6-3-7-14(13)16/h12-14H,3-11,16H2,1-2H3/t12?,13-,14+/m0/s1. The van der Waals surface area contributed by atoms with Gasteiger partial charge in [0.2, 0.25) is 5.91 Å². The van der Waals surface area contributed by atoms with Crippen LogP contribution in [0.4, 0.5) is 0 Å². The lowest BCUT2D eigenvalue weighted by Crippen LogP contribution is -2.41. The average Bonchev–Trinajstić information content (AvgIpc) is 2.75. The van der Waals surface area contributed by atoms with Gasteiger partial charge in [0.05, 0.1) is 0 Å². The third-order valence-corrected chi connectivity index (χ3v) is 4.83. The molecule has 4 nitrogen and oxygen atoms in total. The molecule has 1 saturated carbocycles. The minimum Gasteiger partial charge on any atom is -0.345 e. The van der Waals surface area contributed by atoms with E-state index in [0.29, 0.717) is 18.3 Å². The van der Waals surface area contributed by atoms with Gasteiger partial charge in [-0.3, -0.25) is 4.79 Å². The molecule has 1 amide bonds. The Morgan fingerprint density at radius 3 is 2.74 bits per heavy atom. The number of piperidine rings is 1. The number of likely N-dealkylation sites (tertiary alicyclic amines) is 1. The highest BCUT2D eigenvalue weighted by Crippen LogP contribution is 2.27. The lowest BCUT2D eigenvalue weighted by molar-refractivity contribution is -0.131. The molecule has 1 aliphatic heterocycles. The summed E-state index contributed by atoms with van der Waals surface area (Å²) in [5.74, 6) is 1.35. The van der Waals surface area contributed by atoms with E-state index in [1.807, 2.05) is 11.9 Å². The van der Waals surface area contributed by atoms with E-state index < -0.39 is 0 Å². The summed E-state index contributed by atoms with van der Waals surface area (Å²) < 4.78 is 0. The molecule has 2 rings (SSSR count). The molecule has 3 atom stereocenters. The van der Waals surface area contributed by atoms with Crippen LogP contribution in [0.3, 0.4) is 0 Å². The Bertz CT molecular complexity index is 308. The van der Waals surface area contributed by atoms with Crippen molar-refractivity contribution in [3.05, 3.63) is 0 Å². The number of hydrogen-bond donors (Lipinski definition) is 1. The van der Waals surface area contributed by atoms with Gasteiger partial charge in [-0.15, -0.1) is 0 Å². The van der Waals surface area contributed by atoms with Gasteiger partial charge in [0.1, 0.15) is 0 Å². The summed E-state index contributed by atoms with van der Waals surface area (Å²) in [4.78, 5) is 16.6. The van der Waals surface area contributed by atoms with Gasteiger partial charge in [0.15, 0.2) is 0 Å². The zero-order chi connectivity index (χ0) is 13.8. The van der Waals surface area contributed by atoms with Crippen LogP contribution in [0.15, 0.2) is 0 Å². The van der Waals surface area contributed by atoms with Gasteiger partial charge in [0, 0.05) is 32.6 Å². The van der Waals surface area contributed by atoms with Crippen molar-refractivity contribution >= 4 is 5.91 Å². The fraction of sp³-hybridized carbons (Fsp3) is 0.933. The highest BCUT2D eigenvalue weighted by atomic mass is 16.2. The van der Waals surface area contributed by atoms with Gasteiger partial charge in [-0.25, -0.2) is 0 Å². The molecule has 1 heterocycles. The quantitative estimate of drug-likeness (QED) is 0.835. The molecular weight excluding hydrogens is 238 g/mol. The fourth-order valence-electron chi connectivity index (χ4n) is 3.61. The number of hydrogen-bond acceptors (Lipinski definition) is 3. The van der Waals surface area contributed by atoms with Crippen LogP contribution in [-0.4, -0.2) is 55.5 Å². The zero-order valence-corrected chi connectivity index (χ0v) is 12.5. The Hall–Kier alpha value is -0.610. The lowest BCUT2D eigenvalue weighted by Gasteiger charge is -2.32. The largest absolute Gasteiger partial charge is 0.345 e. The Labute approximate surface area is 117 Å². The molecule has 2 fully saturated rings. The maximum atomic E-state index is 12.3. The predicted octanol–water partition coefficient (Wildman–Crippen LogP) is 1.30. The van der Waals surface area contributed by atoms with Gasteiger partial charge >= 0.3 is 0 Å². The molecule has 110 valence electrons. The second-order valence-corrected chi connectivity index (χ2v) is 6.60. The zero-order valence-electron chi connectivity index (χ0n) is 12.5. The first kappa shape index (κ1) is 14.8. The molecule has 0 spiro atoms. The summed E-state index contributed by atoms with van der Waals surface area (Å²) in [6, 6.07) is 0.248. The van der Waals surface area contributed by atoms with Crippen molar-refractivity contribution < 1.29 is 4.79 Å². The first-order chi connectivity index (χ1) is 9.06. The molecule has 1 aliphatic carbocycles. The van der Waals surface area contributed by atoms with Crippen molar-refractivity contribution in [2.45, 2.75) is 44.6 Å². The average molecular weight is 267 g/mol. The molecule has 1 saturated heterocycles. The summed E-state index contributed by atoms with van der Waals surface area (Å²) in [6.07, 6.45) is 6.58. The molecular formula is C15H29N3O. The van der Waals surface area contributed by atoms with Gasteiger partial charge in [-0.2, -0.15) is 0 Å². The number of nitrogens with two attached hydrogens (primary N) is 1. The van der Waals surface area contributed by atoms with E-state index in [1.165, 1.54) is 25.8 Å². The number of rotatable bonds is 4. The molecule has 0 aromatic heterocycles. The number of carbonyl (C=O) groups excluding carboxylic acids is 1. The van der Waals surface area contributed by atoms with Crippen molar-refractivity contribution in [1.29, 1.82) is 0 Å². The number of carbonyl (C=O) groups is 1. The van der Waals surface area contributed by atoms with Gasteiger partial charge in [-0.05, 0) is 51.1 Å². The summed E-state index contributed by atoms with van der Waals surface area (Å²) in [5.41, 5.74) is 6.05. The van der Waals surface area contributed by atoms with Crippen LogP contribution in [0, 0.1) is 11.8 Å². The normalized spacial score (nSPS) is 32.5. The Kier molecular flexibility index (Phi) is 5.22. The van der Waals surface area contributed by atoms with Crippen molar-refractivity contribution in [3.8, 4) is 0 Å². The molecule has 2 N–H and O–H groups in total. The first-order valence-corrected chi connectivity index (χ1v) is 7.74. The van der Waals surface area contributed by atoms with Gasteiger partial charge in [-0.1, -0.05) is 6.42 Å². The molecule has 0 radical (unpaired) electrons. The summed E-state index contributed by atoms with van der Waals surface area (Å²) in [5, 5.41) is 0.